The maximum atomic E-state index is 10.0. The highest BCUT2D eigenvalue weighted by Gasteiger charge is 2.19. The molecule has 0 aliphatic carbocycles. The Hall–Kier alpha value is -1.48. The zero-order valence-corrected chi connectivity index (χ0v) is 11.5. The molecule has 0 aromatic heterocycles. The van der Waals surface area contributed by atoms with E-state index in [0.717, 1.165) is 29.5 Å². The number of halogens is 1. The monoisotopic (exact) mass is 303 g/mol. The van der Waals surface area contributed by atoms with Crippen molar-refractivity contribution in [3.8, 4) is 5.75 Å². The Morgan fingerprint density at radius 3 is 2.83 bits per heavy atom. The lowest BCUT2D eigenvalue weighted by molar-refractivity contribution is 0.464. The van der Waals surface area contributed by atoms with Crippen LogP contribution in [0.25, 0.3) is 0 Å². The van der Waals surface area contributed by atoms with Gasteiger partial charge >= 0.3 is 0 Å². The smallest absolute Gasteiger partial charge is 0.134 e. The lowest BCUT2D eigenvalue weighted by Crippen LogP contribution is -2.19. The molecule has 0 radical (unpaired) electrons. The number of anilines is 1. The molecule has 1 aliphatic heterocycles. The van der Waals surface area contributed by atoms with Gasteiger partial charge in [0.25, 0.3) is 0 Å². The second-order valence-electron chi connectivity index (χ2n) is 4.55. The molecular weight excluding hydrogens is 290 g/mol. The van der Waals surface area contributed by atoms with Crippen LogP contribution in [0.4, 0.5) is 5.69 Å². The van der Waals surface area contributed by atoms with Crippen molar-refractivity contribution in [3.05, 3.63) is 58.1 Å². The maximum Gasteiger partial charge on any atom is 0.134 e. The molecule has 0 spiro atoms. The topological polar surface area (TPSA) is 23.5 Å². The van der Waals surface area contributed by atoms with Crippen molar-refractivity contribution >= 4 is 21.6 Å². The molecule has 0 saturated carbocycles. The van der Waals surface area contributed by atoms with E-state index in [1.165, 1.54) is 11.3 Å². The van der Waals surface area contributed by atoms with Crippen molar-refractivity contribution < 1.29 is 5.11 Å². The first-order chi connectivity index (χ1) is 8.75. The van der Waals surface area contributed by atoms with Crippen LogP contribution in [0.15, 0.2) is 46.9 Å². The molecule has 1 heterocycles. The van der Waals surface area contributed by atoms with Crippen LogP contribution in [0.2, 0.25) is 0 Å². The number of phenolic OH excluding ortho intramolecular Hbond substituents is 1. The van der Waals surface area contributed by atoms with Crippen molar-refractivity contribution in [2.75, 3.05) is 11.4 Å². The minimum absolute atomic E-state index is 0.349. The molecule has 2 nitrogen and oxygen atoms in total. The number of phenols is 1. The van der Waals surface area contributed by atoms with Crippen molar-refractivity contribution in [1.82, 2.24) is 0 Å². The summed E-state index contributed by atoms with van der Waals surface area (Å²) in [5.74, 6) is 0.349. The predicted octanol–water partition coefficient (Wildman–Crippen LogP) is 3.72. The minimum atomic E-state index is 0.349. The first kappa shape index (κ1) is 11.6. The van der Waals surface area contributed by atoms with Crippen LogP contribution in [0.1, 0.15) is 11.1 Å². The van der Waals surface area contributed by atoms with Crippen molar-refractivity contribution in [1.29, 1.82) is 0 Å². The fourth-order valence-corrected chi connectivity index (χ4v) is 2.87. The lowest BCUT2D eigenvalue weighted by Gasteiger charge is -2.20. The number of hydrogen-bond acceptors (Lipinski definition) is 2. The molecule has 0 saturated heterocycles. The Kier molecular flexibility index (Phi) is 3.00. The van der Waals surface area contributed by atoms with E-state index in [2.05, 4.69) is 45.1 Å². The molecule has 18 heavy (non-hydrogen) atoms. The van der Waals surface area contributed by atoms with Gasteiger partial charge in [0.15, 0.2) is 0 Å². The molecule has 1 aliphatic rings. The quantitative estimate of drug-likeness (QED) is 0.914. The molecule has 0 amide bonds. The van der Waals surface area contributed by atoms with Gasteiger partial charge in [-0.1, -0.05) is 30.3 Å². The van der Waals surface area contributed by atoms with Gasteiger partial charge in [0.1, 0.15) is 5.75 Å². The molecule has 0 bridgehead atoms. The summed E-state index contributed by atoms with van der Waals surface area (Å²) in [5, 5.41) is 10.0. The number of fused-ring (bicyclic) bond motifs is 1. The molecule has 3 rings (SSSR count). The molecular formula is C15H14BrNO. The molecule has 3 heteroatoms. The first-order valence-electron chi connectivity index (χ1n) is 6.05. The third-order valence-corrected chi connectivity index (χ3v) is 4.05. The third-order valence-electron chi connectivity index (χ3n) is 3.41. The van der Waals surface area contributed by atoms with E-state index >= 15 is 0 Å². The highest BCUT2D eigenvalue weighted by molar-refractivity contribution is 9.10. The van der Waals surface area contributed by atoms with Gasteiger partial charge in [-0.25, -0.2) is 0 Å². The second-order valence-corrected chi connectivity index (χ2v) is 5.40. The largest absolute Gasteiger partial charge is 0.506 e. The molecule has 2 aromatic carbocycles. The maximum absolute atomic E-state index is 10.0. The molecule has 0 unspecified atom stereocenters. The molecule has 0 fully saturated rings. The van der Waals surface area contributed by atoms with Gasteiger partial charge in [-0.2, -0.15) is 0 Å². The van der Waals surface area contributed by atoms with Crippen molar-refractivity contribution in [2.45, 2.75) is 13.0 Å². The zero-order chi connectivity index (χ0) is 12.5. The van der Waals surface area contributed by atoms with Crippen LogP contribution in [-0.4, -0.2) is 11.7 Å². The average molecular weight is 304 g/mol. The molecule has 2 aromatic rings. The minimum Gasteiger partial charge on any atom is -0.506 e. The van der Waals surface area contributed by atoms with Gasteiger partial charge in [0.2, 0.25) is 0 Å². The van der Waals surface area contributed by atoms with E-state index in [0.29, 0.717) is 5.75 Å². The van der Waals surface area contributed by atoms with Crippen molar-refractivity contribution in [3.63, 3.8) is 0 Å². The Bertz CT molecular complexity index is 582. The van der Waals surface area contributed by atoms with Crippen LogP contribution < -0.4 is 4.90 Å². The van der Waals surface area contributed by atoms with E-state index < -0.39 is 0 Å². The number of hydrogen-bond donors (Lipinski definition) is 1. The number of para-hydroxylation sites is 2. The number of nitrogens with zero attached hydrogens (tertiary/aromatic N) is 1. The Morgan fingerprint density at radius 2 is 1.94 bits per heavy atom. The highest BCUT2D eigenvalue weighted by atomic mass is 79.9. The predicted molar refractivity (Wildman–Crippen MR) is 77.0 cm³/mol. The first-order valence-corrected chi connectivity index (χ1v) is 6.84. The molecule has 0 atom stereocenters. The van der Waals surface area contributed by atoms with Gasteiger partial charge in [-0.05, 0) is 40.0 Å². The third kappa shape index (κ3) is 1.99. The normalized spacial score (nSPS) is 13.7. The van der Waals surface area contributed by atoms with Crippen LogP contribution in [0.3, 0.4) is 0 Å². The standard InChI is InChI=1S/C15H14BrNO/c16-13-6-3-5-12(15(13)18)10-17-9-8-11-4-1-2-7-14(11)17/h1-7,18H,8-10H2. The average Bonchev–Trinajstić information content (AvgIpc) is 2.79. The summed E-state index contributed by atoms with van der Waals surface area (Å²) in [4.78, 5) is 2.32. The number of aromatic hydroxyl groups is 1. The summed E-state index contributed by atoms with van der Waals surface area (Å²) in [6.07, 6.45) is 1.09. The van der Waals surface area contributed by atoms with Crippen molar-refractivity contribution in [2.24, 2.45) is 0 Å². The summed E-state index contributed by atoms with van der Waals surface area (Å²) in [7, 11) is 0. The summed E-state index contributed by atoms with van der Waals surface area (Å²) in [5.41, 5.74) is 3.64. The second kappa shape index (κ2) is 4.65. The molecule has 1 N–H and O–H groups in total. The molecule has 92 valence electrons. The van der Waals surface area contributed by atoms with E-state index in [-0.39, 0.29) is 0 Å². The Morgan fingerprint density at radius 1 is 1.11 bits per heavy atom. The van der Waals surface area contributed by atoms with Crippen LogP contribution in [-0.2, 0) is 13.0 Å². The fourth-order valence-electron chi connectivity index (χ4n) is 2.46. The van der Waals surface area contributed by atoms with Gasteiger partial charge in [0, 0.05) is 24.3 Å². The SMILES string of the molecule is Oc1c(Br)cccc1CN1CCc2ccccc21. The Labute approximate surface area is 115 Å². The van der Waals surface area contributed by atoms with E-state index in [1.807, 2.05) is 18.2 Å². The summed E-state index contributed by atoms with van der Waals surface area (Å²) < 4.78 is 0.757. The summed E-state index contributed by atoms with van der Waals surface area (Å²) in [6, 6.07) is 14.3. The number of benzene rings is 2. The van der Waals surface area contributed by atoms with Crippen LogP contribution in [0.5, 0.6) is 5.75 Å². The van der Waals surface area contributed by atoms with Gasteiger partial charge < -0.3 is 10.0 Å². The van der Waals surface area contributed by atoms with Crippen LogP contribution in [0, 0.1) is 0 Å². The van der Waals surface area contributed by atoms with Gasteiger partial charge in [-0.3, -0.25) is 0 Å². The Balaban J connectivity index is 1.89. The van der Waals surface area contributed by atoms with Crippen LogP contribution >= 0.6 is 15.9 Å². The fraction of sp³-hybridized carbons (Fsp3) is 0.200. The van der Waals surface area contributed by atoms with Gasteiger partial charge in [0.05, 0.1) is 4.47 Å². The summed E-state index contributed by atoms with van der Waals surface area (Å²) in [6.45, 7) is 1.77. The van der Waals surface area contributed by atoms with Gasteiger partial charge in [-0.15, -0.1) is 0 Å². The van der Waals surface area contributed by atoms with E-state index in [9.17, 15) is 5.11 Å². The van der Waals surface area contributed by atoms with E-state index in [1.54, 1.807) is 0 Å². The zero-order valence-electron chi connectivity index (χ0n) is 9.94. The summed E-state index contributed by atoms with van der Waals surface area (Å²) >= 11 is 3.36. The van der Waals surface area contributed by atoms with E-state index in [4.69, 9.17) is 0 Å². The highest BCUT2D eigenvalue weighted by Crippen LogP contribution is 2.33. The lowest BCUT2D eigenvalue weighted by atomic mass is 10.1. The number of rotatable bonds is 2.